The third-order valence-corrected chi connectivity index (χ3v) is 3.07. The molecule has 0 fully saturated rings. The van der Waals surface area contributed by atoms with Crippen molar-refractivity contribution in [3.05, 3.63) is 28.2 Å². The van der Waals surface area contributed by atoms with Crippen LogP contribution >= 0.6 is 15.9 Å². The maximum absolute atomic E-state index is 11.7. The third-order valence-electron chi connectivity index (χ3n) is 2.35. The number of carbonyl (C=O) groups excluding carboxylic acids is 3. The molecular formula is C13H15BrN2O4. The van der Waals surface area contributed by atoms with E-state index in [1.165, 1.54) is 13.0 Å². The van der Waals surface area contributed by atoms with E-state index in [0.29, 0.717) is 28.6 Å². The molecule has 0 radical (unpaired) electrons. The van der Waals surface area contributed by atoms with Gasteiger partial charge in [-0.2, -0.15) is 0 Å². The second-order valence-corrected chi connectivity index (χ2v) is 4.76. The van der Waals surface area contributed by atoms with Crippen LogP contribution in [-0.2, 0) is 4.79 Å². The fraction of sp³-hybridized carbons (Fsp3) is 0.308. The van der Waals surface area contributed by atoms with Gasteiger partial charge in [0.25, 0.3) is 5.91 Å². The molecule has 0 aliphatic heterocycles. The van der Waals surface area contributed by atoms with Crippen LogP contribution in [0.15, 0.2) is 22.7 Å². The largest absolute Gasteiger partial charge is 0.481 e. The van der Waals surface area contributed by atoms with Gasteiger partial charge in [-0.3, -0.25) is 14.9 Å². The van der Waals surface area contributed by atoms with Gasteiger partial charge in [0.05, 0.1) is 0 Å². The summed E-state index contributed by atoms with van der Waals surface area (Å²) in [4.78, 5) is 33.7. The Morgan fingerprint density at radius 2 is 2.15 bits per heavy atom. The second kappa shape index (κ2) is 7.64. The highest BCUT2D eigenvalue weighted by molar-refractivity contribution is 9.10. The summed E-state index contributed by atoms with van der Waals surface area (Å²) in [5.74, 6) is -0.194. The highest BCUT2D eigenvalue weighted by atomic mass is 79.9. The molecule has 1 atom stereocenters. The molecular weight excluding hydrogens is 328 g/mol. The van der Waals surface area contributed by atoms with Gasteiger partial charge in [0.15, 0.2) is 12.4 Å². The van der Waals surface area contributed by atoms with Gasteiger partial charge in [-0.1, -0.05) is 15.9 Å². The standard InChI is InChI=1S/C13H15BrN2O4/c1-3-15-13(19)16-12(18)8(2)20-10-4-5-11(14)9(6-10)7-17/h4-8H,3H2,1-2H3,(H2,15,16,18,19). The fourth-order valence-corrected chi connectivity index (χ4v) is 1.70. The number of ether oxygens (including phenoxy) is 1. The SMILES string of the molecule is CCNC(=O)NC(=O)C(C)Oc1ccc(Br)c(C=O)c1. The maximum Gasteiger partial charge on any atom is 0.321 e. The highest BCUT2D eigenvalue weighted by Gasteiger charge is 2.17. The smallest absolute Gasteiger partial charge is 0.321 e. The lowest BCUT2D eigenvalue weighted by Gasteiger charge is -2.14. The van der Waals surface area contributed by atoms with Crippen LogP contribution in [0.1, 0.15) is 24.2 Å². The highest BCUT2D eigenvalue weighted by Crippen LogP contribution is 2.21. The number of hydrogen-bond donors (Lipinski definition) is 2. The number of imide groups is 1. The second-order valence-electron chi connectivity index (χ2n) is 3.91. The van der Waals surface area contributed by atoms with E-state index < -0.39 is 18.0 Å². The van der Waals surface area contributed by atoms with E-state index in [4.69, 9.17) is 4.74 Å². The predicted octanol–water partition coefficient (Wildman–Crippen LogP) is 1.87. The zero-order valence-corrected chi connectivity index (χ0v) is 12.7. The number of nitrogens with one attached hydrogen (secondary N) is 2. The molecule has 0 bridgehead atoms. The molecule has 1 rings (SSSR count). The average Bonchev–Trinajstić information content (AvgIpc) is 2.41. The molecule has 0 heterocycles. The number of halogens is 1. The zero-order chi connectivity index (χ0) is 15.1. The first-order valence-corrected chi connectivity index (χ1v) is 6.77. The summed E-state index contributed by atoms with van der Waals surface area (Å²) in [7, 11) is 0. The number of carbonyl (C=O) groups is 3. The van der Waals surface area contributed by atoms with Gasteiger partial charge in [-0.15, -0.1) is 0 Å². The summed E-state index contributed by atoms with van der Waals surface area (Å²) >= 11 is 3.22. The van der Waals surface area contributed by atoms with Crippen LogP contribution < -0.4 is 15.4 Å². The Balaban J connectivity index is 2.65. The Bertz CT molecular complexity index is 519. The van der Waals surface area contributed by atoms with E-state index in [0.717, 1.165) is 0 Å². The Labute approximate surface area is 125 Å². The number of hydrogen-bond acceptors (Lipinski definition) is 4. The van der Waals surface area contributed by atoms with Crippen LogP contribution in [0.3, 0.4) is 0 Å². The summed E-state index contributed by atoms with van der Waals surface area (Å²) in [5, 5.41) is 4.59. The molecule has 1 aromatic rings. The minimum absolute atomic E-state index is 0.369. The summed E-state index contributed by atoms with van der Waals surface area (Å²) in [6.45, 7) is 3.67. The van der Waals surface area contributed by atoms with Gasteiger partial charge < -0.3 is 10.1 Å². The van der Waals surface area contributed by atoms with Gasteiger partial charge in [0, 0.05) is 16.6 Å². The number of benzene rings is 1. The molecule has 108 valence electrons. The van der Waals surface area contributed by atoms with Crippen molar-refractivity contribution < 1.29 is 19.1 Å². The van der Waals surface area contributed by atoms with Crippen molar-refractivity contribution in [2.24, 2.45) is 0 Å². The quantitative estimate of drug-likeness (QED) is 0.800. The molecule has 2 N–H and O–H groups in total. The van der Waals surface area contributed by atoms with E-state index in [-0.39, 0.29) is 0 Å². The molecule has 0 aliphatic rings. The Kier molecular flexibility index (Phi) is 6.17. The molecule has 0 spiro atoms. The van der Waals surface area contributed by atoms with Crippen molar-refractivity contribution in [3.8, 4) is 5.75 Å². The van der Waals surface area contributed by atoms with Crippen molar-refractivity contribution in [1.29, 1.82) is 0 Å². The molecule has 0 saturated carbocycles. The monoisotopic (exact) mass is 342 g/mol. The fourth-order valence-electron chi connectivity index (χ4n) is 1.36. The van der Waals surface area contributed by atoms with Crippen molar-refractivity contribution in [2.75, 3.05) is 6.54 Å². The first-order valence-electron chi connectivity index (χ1n) is 5.98. The Morgan fingerprint density at radius 3 is 2.75 bits per heavy atom. The Morgan fingerprint density at radius 1 is 1.45 bits per heavy atom. The predicted molar refractivity (Wildman–Crippen MR) is 76.8 cm³/mol. The average molecular weight is 343 g/mol. The van der Waals surface area contributed by atoms with Crippen molar-refractivity contribution in [1.82, 2.24) is 10.6 Å². The summed E-state index contributed by atoms with van der Waals surface area (Å²) in [6, 6.07) is 4.20. The lowest BCUT2D eigenvalue weighted by atomic mass is 10.2. The van der Waals surface area contributed by atoms with Crippen LogP contribution in [-0.4, -0.2) is 30.9 Å². The molecule has 7 heteroatoms. The number of aldehydes is 1. The normalized spacial score (nSPS) is 11.3. The molecule has 1 unspecified atom stereocenters. The topological polar surface area (TPSA) is 84.5 Å². The lowest BCUT2D eigenvalue weighted by Crippen LogP contribution is -2.45. The van der Waals surface area contributed by atoms with Crippen LogP contribution in [0.5, 0.6) is 5.75 Å². The number of urea groups is 1. The maximum atomic E-state index is 11.7. The van der Waals surface area contributed by atoms with Gasteiger partial charge in [-0.05, 0) is 32.0 Å². The summed E-state index contributed by atoms with van der Waals surface area (Å²) in [5.41, 5.74) is 0.416. The van der Waals surface area contributed by atoms with Gasteiger partial charge in [-0.25, -0.2) is 4.79 Å². The van der Waals surface area contributed by atoms with Crippen molar-refractivity contribution >= 4 is 34.2 Å². The van der Waals surface area contributed by atoms with Gasteiger partial charge in [0.2, 0.25) is 0 Å². The van der Waals surface area contributed by atoms with E-state index in [1.54, 1.807) is 19.1 Å². The van der Waals surface area contributed by atoms with Gasteiger partial charge >= 0.3 is 6.03 Å². The molecule has 1 aromatic carbocycles. The lowest BCUT2D eigenvalue weighted by molar-refractivity contribution is -0.126. The molecule has 6 nitrogen and oxygen atoms in total. The van der Waals surface area contributed by atoms with E-state index in [9.17, 15) is 14.4 Å². The third kappa shape index (κ3) is 4.65. The minimum Gasteiger partial charge on any atom is -0.481 e. The molecule has 0 aromatic heterocycles. The Hall–Kier alpha value is -1.89. The minimum atomic E-state index is -0.863. The first-order chi connectivity index (χ1) is 9.47. The molecule has 0 aliphatic carbocycles. The molecule has 3 amide bonds. The summed E-state index contributed by atoms with van der Waals surface area (Å²) < 4.78 is 6.02. The first kappa shape index (κ1) is 16.2. The van der Waals surface area contributed by atoms with E-state index in [1.807, 2.05) is 0 Å². The molecule has 20 heavy (non-hydrogen) atoms. The van der Waals surface area contributed by atoms with Crippen molar-refractivity contribution in [2.45, 2.75) is 20.0 Å². The number of amides is 3. The van der Waals surface area contributed by atoms with E-state index in [2.05, 4.69) is 26.6 Å². The summed E-state index contributed by atoms with van der Waals surface area (Å²) in [6.07, 6.45) is -0.186. The van der Waals surface area contributed by atoms with Crippen LogP contribution in [0.2, 0.25) is 0 Å². The van der Waals surface area contributed by atoms with Gasteiger partial charge in [0.1, 0.15) is 5.75 Å². The zero-order valence-electron chi connectivity index (χ0n) is 11.1. The van der Waals surface area contributed by atoms with Crippen molar-refractivity contribution in [3.63, 3.8) is 0 Å². The van der Waals surface area contributed by atoms with Crippen LogP contribution in [0.4, 0.5) is 4.79 Å². The van der Waals surface area contributed by atoms with Crippen LogP contribution in [0, 0.1) is 0 Å². The van der Waals surface area contributed by atoms with Crippen LogP contribution in [0.25, 0.3) is 0 Å². The number of rotatable bonds is 5. The van der Waals surface area contributed by atoms with E-state index >= 15 is 0 Å². The molecule has 0 saturated heterocycles.